The van der Waals surface area contributed by atoms with Gasteiger partial charge in [0.25, 0.3) is 0 Å². The summed E-state index contributed by atoms with van der Waals surface area (Å²) >= 11 is 1.72. The van der Waals surface area contributed by atoms with Gasteiger partial charge in [0.05, 0.1) is 0 Å². The molecule has 0 spiro atoms. The van der Waals surface area contributed by atoms with Crippen LogP contribution in [0.1, 0.15) is 6.92 Å². The molecule has 0 aliphatic carbocycles. The molecule has 0 fully saturated rings. The first kappa shape index (κ1) is 8.79. The molecular formula is C7H13NS. The van der Waals surface area contributed by atoms with Gasteiger partial charge in [-0.2, -0.15) is 0 Å². The van der Waals surface area contributed by atoms with Gasteiger partial charge in [-0.05, 0) is 6.92 Å². The van der Waals surface area contributed by atoms with E-state index in [1.807, 2.05) is 25.2 Å². The molecule has 52 valence electrons. The number of nitrogens with two attached hydrogens (primary N) is 1. The van der Waals surface area contributed by atoms with Crippen LogP contribution in [0.25, 0.3) is 0 Å². The van der Waals surface area contributed by atoms with E-state index in [1.165, 1.54) is 0 Å². The first-order chi connectivity index (χ1) is 4.41. The third-order valence-corrected chi connectivity index (χ3v) is 1.44. The van der Waals surface area contributed by atoms with Crippen molar-refractivity contribution in [1.82, 2.24) is 0 Å². The molecule has 0 aromatic rings. The standard InChI is InChI=1S/C7H13NS/c1-2-3-4-5-6-9-7-8/h2-5H,6-8H2,1H3. The van der Waals surface area contributed by atoms with E-state index in [2.05, 4.69) is 6.08 Å². The fourth-order valence-electron chi connectivity index (χ4n) is 0.381. The van der Waals surface area contributed by atoms with E-state index in [4.69, 9.17) is 5.73 Å². The highest BCUT2D eigenvalue weighted by atomic mass is 32.2. The van der Waals surface area contributed by atoms with Gasteiger partial charge in [0.2, 0.25) is 0 Å². The van der Waals surface area contributed by atoms with E-state index in [9.17, 15) is 0 Å². The number of rotatable bonds is 4. The van der Waals surface area contributed by atoms with Crippen molar-refractivity contribution in [3.8, 4) is 0 Å². The highest BCUT2D eigenvalue weighted by Crippen LogP contribution is 1.94. The Morgan fingerprint density at radius 2 is 2.22 bits per heavy atom. The zero-order valence-electron chi connectivity index (χ0n) is 5.71. The number of allylic oxidation sites excluding steroid dienone is 3. The number of hydrogen-bond acceptors (Lipinski definition) is 2. The molecule has 0 aliphatic rings. The largest absolute Gasteiger partial charge is 0.322 e. The lowest BCUT2D eigenvalue weighted by Gasteiger charge is -1.85. The summed E-state index contributed by atoms with van der Waals surface area (Å²) in [6.07, 6.45) is 8.14. The SMILES string of the molecule is CC=CC=CCSCN. The van der Waals surface area contributed by atoms with Crippen LogP contribution >= 0.6 is 11.8 Å². The van der Waals surface area contributed by atoms with Crippen LogP contribution in [-0.4, -0.2) is 11.6 Å². The van der Waals surface area contributed by atoms with Gasteiger partial charge in [-0.1, -0.05) is 24.3 Å². The van der Waals surface area contributed by atoms with Crippen LogP contribution in [0.2, 0.25) is 0 Å². The van der Waals surface area contributed by atoms with Crippen LogP contribution in [0.4, 0.5) is 0 Å². The van der Waals surface area contributed by atoms with Gasteiger partial charge in [-0.3, -0.25) is 0 Å². The number of hydrogen-bond donors (Lipinski definition) is 1. The summed E-state index contributed by atoms with van der Waals surface area (Å²) in [6, 6.07) is 0. The van der Waals surface area contributed by atoms with Gasteiger partial charge < -0.3 is 5.73 Å². The molecule has 0 heterocycles. The van der Waals surface area contributed by atoms with Crippen molar-refractivity contribution in [2.24, 2.45) is 5.73 Å². The molecule has 0 aromatic heterocycles. The van der Waals surface area contributed by atoms with E-state index in [1.54, 1.807) is 11.8 Å². The molecule has 0 amide bonds. The third kappa shape index (κ3) is 7.79. The molecule has 2 heteroatoms. The first-order valence-electron chi connectivity index (χ1n) is 2.97. The van der Waals surface area contributed by atoms with Crippen molar-refractivity contribution in [2.75, 3.05) is 11.6 Å². The van der Waals surface area contributed by atoms with Crippen molar-refractivity contribution in [3.05, 3.63) is 24.3 Å². The minimum Gasteiger partial charge on any atom is -0.322 e. The second-order valence-electron chi connectivity index (χ2n) is 1.49. The minimum absolute atomic E-state index is 0.709. The molecule has 0 rings (SSSR count). The van der Waals surface area contributed by atoms with Crippen molar-refractivity contribution in [1.29, 1.82) is 0 Å². The quantitative estimate of drug-likeness (QED) is 0.369. The molecule has 0 aliphatic heterocycles. The molecule has 0 unspecified atom stereocenters. The van der Waals surface area contributed by atoms with Crippen molar-refractivity contribution in [3.63, 3.8) is 0 Å². The Morgan fingerprint density at radius 3 is 2.78 bits per heavy atom. The fourth-order valence-corrected chi connectivity index (χ4v) is 0.765. The van der Waals surface area contributed by atoms with Crippen LogP contribution in [0.15, 0.2) is 24.3 Å². The normalized spacial score (nSPS) is 11.8. The first-order valence-corrected chi connectivity index (χ1v) is 4.13. The minimum atomic E-state index is 0.709. The summed E-state index contributed by atoms with van der Waals surface area (Å²) in [5.41, 5.74) is 5.25. The summed E-state index contributed by atoms with van der Waals surface area (Å²) < 4.78 is 0. The molecule has 0 bridgehead atoms. The van der Waals surface area contributed by atoms with E-state index >= 15 is 0 Å². The van der Waals surface area contributed by atoms with Crippen LogP contribution in [0, 0.1) is 0 Å². The zero-order chi connectivity index (χ0) is 6.95. The molecule has 0 radical (unpaired) electrons. The van der Waals surface area contributed by atoms with Gasteiger partial charge in [0.15, 0.2) is 0 Å². The van der Waals surface area contributed by atoms with E-state index in [-0.39, 0.29) is 0 Å². The Hall–Kier alpha value is -0.210. The van der Waals surface area contributed by atoms with Crippen LogP contribution in [0.3, 0.4) is 0 Å². The Kier molecular flexibility index (Phi) is 7.61. The predicted octanol–water partition coefficient (Wildman–Crippen LogP) is 1.77. The summed E-state index contributed by atoms with van der Waals surface area (Å²) in [6.45, 7) is 2.00. The second-order valence-corrected chi connectivity index (χ2v) is 2.57. The van der Waals surface area contributed by atoms with Gasteiger partial charge in [-0.15, -0.1) is 11.8 Å². The van der Waals surface area contributed by atoms with Crippen LogP contribution < -0.4 is 5.73 Å². The molecule has 1 nitrogen and oxygen atoms in total. The summed E-state index contributed by atoms with van der Waals surface area (Å²) in [5.74, 6) is 1.72. The maximum absolute atomic E-state index is 5.25. The Morgan fingerprint density at radius 1 is 1.44 bits per heavy atom. The van der Waals surface area contributed by atoms with E-state index in [0.717, 1.165) is 5.75 Å². The molecule has 2 N–H and O–H groups in total. The van der Waals surface area contributed by atoms with Crippen LogP contribution in [-0.2, 0) is 0 Å². The predicted molar refractivity (Wildman–Crippen MR) is 45.5 cm³/mol. The molecular weight excluding hydrogens is 130 g/mol. The highest BCUT2D eigenvalue weighted by Gasteiger charge is 1.73. The third-order valence-electron chi connectivity index (χ3n) is 0.772. The van der Waals surface area contributed by atoms with Gasteiger partial charge in [0, 0.05) is 11.6 Å². The summed E-state index contributed by atoms with van der Waals surface area (Å²) in [7, 11) is 0. The monoisotopic (exact) mass is 143 g/mol. The average Bonchev–Trinajstić information content (AvgIpc) is 1.89. The molecule has 0 aromatic carbocycles. The maximum atomic E-state index is 5.25. The Balaban J connectivity index is 3.04. The summed E-state index contributed by atoms with van der Waals surface area (Å²) in [4.78, 5) is 0. The zero-order valence-corrected chi connectivity index (χ0v) is 6.53. The fraction of sp³-hybridized carbons (Fsp3) is 0.429. The van der Waals surface area contributed by atoms with Gasteiger partial charge in [-0.25, -0.2) is 0 Å². The van der Waals surface area contributed by atoms with E-state index < -0.39 is 0 Å². The molecule has 9 heavy (non-hydrogen) atoms. The van der Waals surface area contributed by atoms with E-state index in [0.29, 0.717) is 5.88 Å². The smallest absolute Gasteiger partial charge is 0.0395 e. The highest BCUT2D eigenvalue weighted by molar-refractivity contribution is 7.99. The lowest BCUT2D eigenvalue weighted by molar-refractivity contribution is 1.40. The maximum Gasteiger partial charge on any atom is 0.0395 e. The number of thioether (sulfide) groups is 1. The Bertz CT molecular complexity index is 97.1. The molecule has 0 saturated carbocycles. The van der Waals surface area contributed by atoms with Gasteiger partial charge in [0.1, 0.15) is 0 Å². The van der Waals surface area contributed by atoms with Gasteiger partial charge >= 0.3 is 0 Å². The average molecular weight is 143 g/mol. The molecule has 0 saturated heterocycles. The topological polar surface area (TPSA) is 26.0 Å². The van der Waals surface area contributed by atoms with Crippen molar-refractivity contribution < 1.29 is 0 Å². The summed E-state index contributed by atoms with van der Waals surface area (Å²) in [5, 5.41) is 0. The van der Waals surface area contributed by atoms with Crippen LogP contribution in [0.5, 0.6) is 0 Å². The van der Waals surface area contributed by atoms with Crippen molar-refractivity contribution in [2.45, 2.75) is 6.92 Å². The second kappa shape index (κ2) is 7.79. The lowest BCUT2D eigenvalue weighted by Crippen LogP contribution is -1.91. The lowest BCUT2D eigenvalue weighted by atomic mass is 10.5. The molecule has 0 atom stereocenters. The van der Waals surface area contributed by atoms with Crippen molar-refractivity contribution >= 4 is 11.8 Å². The Labute approximate surface area is 61.0 Å².